The van der Waals surface area contributed by atoms with Crippen LogP contribution in [0, 0.1) is 5.92 Å². The SMILES string of the molecule is CCOC(=O)C1CCCN(C(=O)Cc2csc(Nc3ccc(OC(F)(F)F)cc3)n2)C1. The summed E-state index contributed by atoms with van der Waals surface area (Å²) in [6.07, 6.45) is -3.18. The average Bonchev–Trinajstić information content (AvgIpc) is 3.15. The topological polar surface area (TPSA) is 80.8 Å². The largest absolute Gasteiger partial charge is 0.573 e. The molecule has 1 fully saturated rings. The van der Waals surface area contributed by atoms with E-state index in [0.29, 0.717) is 42.6 Å². The van der Waals surface area contributed by atoms with Crippen LogP contribution in [0.2, 0.25) is 0 Å². The molecule has 0 radical (unpaired) electrons. The summed E-state index contributed by atoms with van der Waals surface area (Å²) in [6, 6.07) is 5.28. The molecule has 2 heterocycles. The third-order valence-electron chi connectivity index (χ3n) is 4.62. The third kappa shape index (κ3) is 6.84. The number of thiazole rings is 1. The lowest BCUT2D eigenvalue weighted by Gasteiger charge is -2.31. The lowest BCUT2D eigenvalue weighted by Crippen LogP contribution is -2.43. The minimum Gasteiger partial charge on any atom is -0.466 e. The van der Waals surface area contributed by atoms with Crippen LogP contribution in [0.25, 0.3) is 0 Å². The van der Waals surface area contributed by atoms with Gasteiger partial charge in [-0.25, -0.2) is 4.98 Å². The second kappa shape index (κ2) is 9.99. The molecular formula is C20H22F3N3O4S. The second-order valence-corrected chi connectivity index (χ2v) is 7.81. The lowest BCUT2D eigenvalue weighted by atomic mass is 9.98. The van der Waals surface area contributed by atoms with Gasteiger partial charge >= 0.3 is 12.3 Å². The number of esters is 1. The number of alkyl halides is 3. The number of rotatable bonds is 7. The van der Waals surface area contributed by atoms with Gasteiger partial charge in [0.25, 0.3) is 0 Å². The number of benzene rings is 1. The molecule has 1 atom stereocenters. The number of hydrogen-bond donors (Lipinski definition) is 1. The van der Waals surface area contributed by atoms with E-state index in [2.05, 4.69) is 15.0 Å². The number of ether oxygens (including phenoxy) is 2. The number of halogens is 3. The van der Waals surface area contributed by atoms with E-state index in [1.807, 2.05) is 0 Å². The van der Waals surface area contributed by atoms with Crippen molar-refractivity contribution in [1.82, 2.24) is 9.88 Å². The van der Waals surface area contributed by atoms with Crippen LogP contribution in [0.15, 0.2) is 29.6 Å². The summed E-state index contributed by atoms with van der Waals surface area (Å²) < 4.78 is 45.6. The Morgan fingerprint density at radius 1 is 1.29 bits per heavy atom. The van der Waals surface area contributed by atoms with Crippen molar-refractivity contribution in [2.24, 2.45) is 5.92 Å². The van der Waals surface area contributed by atoms with Gasteiger partial charge in [0.2, 0.25) is 5.91 Å². The van der Waals surface area contributed by atoms with Crippen LogP contribution >= 0.6 is 11.3 Å². The van der Waals surface area contributed by atoms with Crippen LogP contribution < -0.4 is 10.1 Å². The van der Waals surface area contributed by atoms with Gasteiger partial charge in [0.15, 0.2) is 5.13 Å². The number of carbonyl (C=O) groups is 2. The number of amides is 1. The van der Waals surface area contributed by atoms with Gasteiger partial charge in [0.05, 0.1) is 24.6 Å². The summed E-state index contributed by atoms with van der Waals surface area (Å²) in [4.78, 5) is 30.6. The Morgan fingerprint density at radius 3 is 2.71 bits per heavy atom. The molecule has 1 amide bonds. The second-order valence-electron chi connectivity index (χ2n) is 6.95. The molecule has 168 valence electrons. The number of nitrogens with zero attached hydrogens (tertiary/aromatic N) is 2. The van der Waals surface area contributed by atoms with Gasteiger partial charge in [-0.3, -0.25) is 9.59 Å². The number of anilines is 2. The number of piperidine rings is 1. The van der Waals surface area contributed by atoms with E-state index in [1.54, 1.807) is 17.2 Å². The van der Waals surface area contributed by atoms with Crippen molar-refractivity contribution in [2.45, 2.75) is 32.5 Å². The van der Waals surface area contributed by atoms with Crippen LogP contribution in [0.1, 0.15) is 25.5 Å². The maximum absolute atomic E-state index is 12.6. The van der Waals surface area contributed by atoms with Gasteiger partial charge in [-0.2, -0.15) is 0 Å². The molecule has 1 aromatic carbocycles. The highest BCUT2D eigenvalue weighted by atomic mass is 32.1. The highest BCUT2D eigenvalue weighted by molar-refractivity contribution is 7.13. The molecule has 11 heteroatoms. The van der Waals surface area contributed by atoms with Gasteiger partial charge < -0.3 is 19.7 Å². The van der Waals surface area contributed by atoms with E-state index in [0.717, 1.165) is 6.42 Å². The normalized spacial score (nSPS) is 16.6. The fourth-order valence-electron chi connectivity index (χ4n) is 3.23. The van der Waals surface area contributed by atoms with Gasteiger partial charge in [-0.05, 0) is 44.0 Å². The zero-order valence-electron chi connectivity index (χ0n) is 16.8. The first-order chi connectivity index (χ1) is 14.7. The summed E-state index contributed by atoms with van der Waals surface area (Å²) in [5, 5.41) is 5.24. The zero-order chi connectivity index (χ0) is 22.4. The Bertz CT molecular complexity index is 902. The summed E-state index contributed by atoms with van der Waals surface area (Å²) >= 11 is 1.28. The zero-order valence-corrected chi connectivity index (χ0v) is 17.6. The van der Waals surface area contributed by atoms with Crippen LogP contribution in [-0.4, -0.2) is 47.8 Å². The smallest absolute Gasteiger partial charge is 0.466 e. The average molecular weight is 457 g/mol. The summed E-state index contributed by atoms with van der Waals surface area (Å²) in [7, 11) is 0. The van der Waals surface area contributed by atoms with Crippen molar-refractivity contribution in [3.8, 4) is 5.75 Å². The monoisotopic (exact) mass is 457 g/mol. The molecule has 2 aromatic rings. The first-order valence-electron chi connectivity index (χ1n) is 9.75. The van der Waals surface area contributed by atoms with Crippen molar-refractivity contribution >= 4 is 34.0 Å². The first kappa shape index (κ1) is 22.9. The highest BCUT2D eigenvalue weighted by Gasteiger charge is 2.31. The summed E-state index contributed by atoms with van der Waals surface area (Å²) in [5.74, 6) is -0.993. The van der Waals surface area contributed by atoms with Crippen LogP contribution in [0.4, 0.5) is 24.0 Å². The first-order valence-corrected chi connectivity index (χ1v) is 10.6. The van der Waals surface area contributed by atoms with E-state index in [9.17, 15) is 22.8 Å². The number of nitrogens with one attached hydrogen (secondary N) is 1. The fourth-order valence-corrected chi connectivity index (χ4v) is 3.96. The van der Waals surface area contributed by atoms with E-state index >= 15 is 0 Å². The molecule has 0 spiro atoms. The van der Waals surface area contributed by atoms with E-state index in [4.69, 9.17) is 4.74 Å². The Hall–Kier alpha value is -2.82. The molecule has 1 aromatic heterocycles. The number of aromatic nitrogens is 1. The van der Waals surface area contributed by atoms with E-state index in [-0.39, 0.29) is 30.0 Å². The van der Waals surface area contributed by atoms with Gasteiger partial charge in [0.1, 0.15) is 5.75 Å². The molecule has 0 saturated carbocycles. The van der Waals surface area contributed by atoms with Crippen molar-refractivity contribution in [2.75, 3.05) is 25.0 Å². The predicted molar refractivity (Wildman–Crippen MR) is 108 cm³/mol. The molecule has 7 nitrogen and oxygen atoms in total. The Labute approximate surface area is 181 Å². The van der Waals surface area contributed by atoms with Crippen molar-refractivity contribution in [3.63, 3.8) is 0 Å². The summed E-state index contributed by atoms with van der Waals surface area (Å²) in [6.45, 7) is 3.01. The molecule has 0 aliphatic carbocycles. The molecule has 1 unspecified atom stereocenters. The highest BCUT2D eigenvalue weighted by Crippen LogP contribution is 2.27. The van der Waals surface area contributed by atoms with Crippen molar-refractivity contribution in [3.05, 3.63) is 35.3 Å². The van der Waals surface area contributed by atoms with Crippen LogP contribution in [-0.2, 0) is 20.7 Å². The molecule has 1 aliphatic heterocycles. The Morgan fingerprint density at radius 2 is 2.03 bits per heavy atom. The predicted octanol–water partition coefficient (Wildman–Crippen LogP) is 4.13. The summed E-state index contributed by atoms with van der Waals surface area (Å²) in [5.41, 5.74) is 1.11. The molecule has 31 heavy (non-hydrogen) atoms. The van der Waals surface area contributed by atoms with Crippen LogP contribution in [0.3, 0.4) is 0 Å². The Kier molecular flexibility index (Phi) is 7.37. The van der Waals surface area contributed by atoms with Gasteiger partial charge in [-0.1, -0.05) is 0 Å². The molecule has 1 saturated heterocycles. The molecular weight excluding hydrogens is 435 g/mol. The fraction of sp³-hybridized carbons (Fsp3) is 0.450. The van der Waals surface area contributed by atoms with Gasteiger partial charge in [-0.15, -0.1) is 24.5 Å². The molecule has 3 rings (SSSR count). The lowest BCUT2D eigenvalue weighted by molar-refractivity contribution is -0.274. The minimum atomic E-state index is -4.74. The standard InChI is InChI=1S/C20H22F3N3O4S/c1-2-29-18(28)13-4-3-9-26(11-13)17(27)10-15-12-31-19(25-15)24-14-5-7-16(8-6-14)30-20(21,22)23/h5-8,12-13H,2-4,9-11H2,1H3,(H,24,25). The third-order valence-corrected chi connectivity index (χ3v) is 5.42. The van der Waals surface area contributed by atoms with Crippen LogP contribution in [0.5, 0.6) is 5.75 Å². The molecule has 1 aliphatic rings. The number of hydrogen-bond acceptors (Lipinski definition) is 7. The van der Waals surface area contributed by atoms with E-state index < -0.39 is 6.36 Å². The van der Waals surface area contributed by atoms with Crippen molar-refractivity contribution in [1.29, 1.82) is 0 Å². The number of carbonyl (C=O) groups excluding carboxylic acids is 2. The van der Waals surface area contributed by atoms with E-state index in [1.165, 1.54) is 35.6 Å². The number of likely N-dealkylation sites (tertiary alicyclic amines) is 1. The molecule has 0 bridgehead atoms. The van der Waals surface area contributed by atoms with Crippen molar-refractivity contribution < 1.29 is 32.2 Å². The molecule has 1 N–H and O–H groups in total. The quantitative estimate of drug-likeness (QED) is 0.630. The minimum absolute atomic E-state index is 0.103. The maximum Gasteiger partial charge on any atom is 0.573 e. The maximum atomic E-state index is 12.6. The Balaban J connectivity index is 1.53. The van der Waals surface area contributed by atoms with Gasteiger partial charge in [0, 0.05) is 24.2 Å².